The highest BCUT2D eigenvalue weighted by molar-refractivity contribution is 5.98. The highest BCUT2D eigenvalue weighted by atomic mass is 16.1. The Morgan fingerprint density at radius 1 is 1.25 bits per heavy atom. The molecule has 0 unspecified atom stereocenters. The molecule has 0 saturated carbocycles. The predicted octanol–water partition coefficient (Wildman–Crippen LogP) is 3.05. The number of piperidine rings is 1. The normalized spacial score (nSPS) is 21.2. The molecule has 3 heteroatoms. The van der Waals surface area contributed by atoms with E-state index in [-0.39, 0.29) is 0 Å². The van der Waals surface area contributed by atoms with Gasteiger partial charge in [-0.15, -0.1) is 0 Å². The predicted molar refractivity (Wildman–Crippen MR) is 81.3 cm³/mol. The van der Waals surface area contributed by atoms with Crippen molar-refractivity contribution in [2.75, 3.05) is 19.6 Å². The standard InChI is InChI=1S/C17H26N2O/c1-3-18-9-7-14(8-10-18)12-19-13(2)11-15-16(19)5-4-6-17(15)20/h11,14H,3-10,12H2,1-2H3. The van der Waals surface area contributed by atoms with E-state index >= 15 is 0 Å². The second-order valence-corrected chi connectivity index (χ2v) is 6.41. The van der Waals surface area contributed by atoms with Crippen LogP contribution in [-0.4, -0.2) is 34.9 Å². The van der Waals surface area contributed by atoms with E-state index in [1.54, 1.807) is 0 Å². The fraction of sp³-hybridized carbons (Fsp3) is 0.706. The molecule has 1 saturated heterocycles. The number of aromatic nitrogens is 1. The van der Waals surface area contributed by atoms with Gasteiger partial charge in [-0.05, 0) is 64.2 Å². The van der Waals surface area contributed by atoms with Crippen molar-refractivity contribution in [1.82, 2.24) is 9.47 Å². The fourth-order valence-electron chi connectivity index (χ4n) is 3.79. The average Bonchev–Trinajstić information content (AvgIpc) is 2.78. The summed E-state index contributed by atoms with van der Waals surface area (Å²) in [6, 6.07) is 2.12. The molecule has 0 radical (unpaired) electrons. The maximum Gasteiger partial charge on any atom is 0.164 e. The molecule has 110 valence electrons. The molecule has 1 aromatic heterocycles. The lowest BCUT2D eigenvalue weighted by atomic mass is 9.95. The monoisotopic (exact) mass is 274 g/mol. The molecule has 1 aromatic rings. The first kappa shape index (κ1) is 13.9. The molecule has 0 N–H and O–H groups in total. The number of rotatable bonds is 3. The highest BCUT2D eigenvalue weighted by Gasteiger charge is 2.25. The van der Waals surface area contributed by atoms with E-state index in [0.717, 1.165) is 37.3 Å². The second kappa shape index (κ2) is 5.72. The summed E-state index contributed by atoms with van der Waals surface area (Å²) in [7, 11) is 0. The summed E-state index contributed by atoms with van der Waals surface area (Å²) in [5.74, 6) is 1.14. The number of nitrogens with zero attached hydrogens (tertiary/aromatic N) is 2. The number of Topliss-reactive ketones (excluding diaryl/α,β-unsaturated/α-hetero) is 1. The summed E-state index contributed by atoms with van der Waals surface area (Å²) >= 11 is 0. The fourth-order valence-corrected chi connectivity index (χ4v) is 3.79. The molecular weight excluding hydrogens is 248 g/mol. The van der Waals surface area contributed by atoms with Crippen LogP contribution in [0.5, 0.6) is 0 Å². The van der Waals surface area contributed by atoms with Gasteiger partial charge in [-0.25, -0.2) is 0 Å². The van der Waals surface area contributed by atoms with E-state index in [1.165, 1.54) is 43.9 Å². The molecule has 2 heterocycles. The first-order valence-corrected chi connectivity index (χ1v) is 8.13. The van der Waals surface area contributed by atoms with Crippen LogP contribution in [0.2, 0.25) is 0 Å². The van der Waals surface area contributed by atoms with Crippen LogP contribution in [-0.2, 0) is 13.0 Å². The van der Waals surface area contributed by atoms with E-state index in [1.807, 2.05) is 0 Å². The van der Waals surface area contributed by atoms with Crippen molar-refractivity contribution in [3.63, 3.8) is 0 Å². The molecule has 1 aliphatic carbocycles. The molecule has 20 heavy (non-hydrogen) atoms. The van der Waals surface area contributed by atoms with Crippen LogP contribution in [0.3, 0.4) is 0 Å². The SMILES string of the molecule is CCN1CCC(Cn2c(C)cc3c2CCCC3=O)CC1. The second-order valence-electron chi connectivity index (χ2n) is 6.41. The van der Waals surface area contributed by atoms with Crippen LogP contribution in [0.1, 0.15) is 54.4 Å². The zero-order chi connectivity index (χ0) is 14.1. The van der Waals surface area contributed by atoms with Crippen LogP contribution >= 0.6 is 0 Å². The highest BCUT2D eigenvalue weighted by Crippen LogP contribution is 2.28. The minimum Gasteiger partial charge on any atom is -0.348 e. The maximum atomic E-state index is 12.0. The molecule has 3 nitrogen and oxygen atoms in total. The lowest BCUT2D eigenvalue weighted by Gasteiger charge is -2.32. The van der Waals surface area contributed by atoms with Crippen molar-refractivity contribution in [1.29, 1.82) is 0 Å². The van der Waals surface area contributed by atoms with Crippen LogP contribution < -0.4 is 0 Å². The minimum atomic E-state index is 0.355. The largest absolute Gasteiger partial charge is 0.348 e. The Bertz CT molecular complexity index is 495. The number of ketones is 1. The third-order valence-corrected chi connectivity index (χ3v) is 5.13. The third kappa shape index (κ3) is 2.56. The summed E-state index contributed by atoms with van der Waals surface area (Å²) in [5.41, 5.74) is 3.61. The van der Waals surface area contributed by atoms with E-state index in [9.17, 15) is 4.79 Å². The molecule has 0 aromatic carbocycles. The van der Waals surface area contributed by atoms with Crippen molar-refractivity contribution in [2.45, 2.75) is 52.5 Å². The van der Waals surface area contributed by atoms with Crippen molar-refractivity contribution in [2.24, 2.45) is 5.92 Å². The first-order valence-electron chi connectivity index (χ1n) is 8.13. The molecule has 0 bridgehead atoms. The van der Waals surface area contributed by atoms with Gasteiger partial charge in [-0.2, -0.15) is 0 Å². The Labute approximate surface area is 122 Å². The number of fused-ring (bicyclic) bond motifs is 1. The number of hydrogen-bond donors (Lipinski definition) is 0. The molecular formula is C17H26N2O. The van der Waals surface area contributed by atoms with Crippen LogP contribution in [0.15, 0.2) is 6.07 Å². The van der Waals surface area contributed by atoms with Gasteiger partial charge in [0.1, 0.15) is 0 Å². The van der Waals surface area contributed by atoms with Crippen LogP contribution in [0, 0.1) is 12.8 Å². The average molecular weight is 274 g/mol. The Kier molecular flexibility index (Phi) is 3.97. The number of likely N-dealkylation sites (tertiary alicyclic amines) is 1. The van der Waals surface area contributed by atoms with Gasteiger partial charge >= 0.3 is 0 Å². The van der Waals surface area contributed by atoms with E-state index < -0.39 is 0 Å². The summed E-state index contributed by atoms with van der Waals surface area (Å²) < 4.78 is 2.44. The van der Waals surface area contributed by atoms with Crippen LogP contribution in [0.4, 0.5) is 0 Å². The van der Waals surface area contributed by atoms with E-state index in [0.29, 0.717) is 5.78 Å². The van der Waals surface area contributed by atoms with Crippen LogP contribution in [0.25, 0.3) is 0 Å². The van der Waals surface area contributed by atoms with Gasteiger partial charge in [0.05, 0.1) is 0 Å². The summed E-state index contributed by atoms with van der Waals surface area (Å²) in [4.78, 5) is 14.5. The van der Waals surface area contributed by atoms with Gasteiger partial charge in [-0.3, -0.25) is 4.79 Å². The van der Waals surface area contributed by atoms with Crippen molar-refractivity contribution in [3.8, 4) is 0 Å². The van der Waals surface area contributed by atoms with Gasteiger partial charge in [0.15, 0.2) is 5.78 Å². The van der Waals surface area contributed by atoms with Crippen molar-refractivity contribution >= 4 is 5.78 Å². The van der Waals surface area contributed by atoms with Crippen molar-refractivity contribution in [3.05, 3.63) is 23.0 Å². The molecule has 3 rings (SSSR count). The summed E-state index contributed by atoms with van der Waals surface area (Å²) in [6.45, 7) is 9.18. The van der Waals surface area contributed by atoms with Gasteiger partial charge in [0.25, 0.3) is 0 Å². The maximum absolute atomic E-state index is 12.0. The summed E-state index contributed by atoms with van der Waals surface area (Å²) in [5, 5.41) is 0. The van der Waals surface area contributed by atoms with Gasteiger partial charge in [0, 0.05) is 29.9 Å². The Morgan fingerprint density at radius 3 is 2.70 bits per heavy atom. The Hall–Kier alpha value is -1.09. The molecule has 0 spiro atoms. The van der Waals surface area contributed by atoms with Gasteiger partial charge < -0.3 is 9.47 Å². The zero-order valence-corrected chi connectivity index (χ0v) is 12.8. The molecule has 0 amide bonds. The first-order chi connectivity index (χ1) is 9.69. The van der Waals surface area contributed by atoms with Crippen molar-refractivity contribution < 1.29 is 4.79 Å². The third-order valence-electron chi connectivity index (χ3n) is 5.13. The van der Waals surface area contributed by atoms with E-state index in [4.69, 9.17) is 0 Å². The lowest BCUT2D eigenvalue weighted by Crippen LogP contribution is -2.35. The molecule has 2 aliphatic rings. The quantitative estimate of drug-likeness (QED) is 0.846. The Balaban J connectivity index is 1.73. The topological polar surface area (TPSA) is 25.2 Å². The number of hydrogen-bond acceptors (Lipinski definition) is 2. The van der Waals surface area contributed by atoms with Gasteiger partial charge in [-0.1, -0.05) is 6.92 Å². The number of aryl methyl sites for hydroxylation is 1. The Morgan fingerprint density at radius 2 is 2.00 bits per heavy atom. The molecule has 0 atom stereocenters. The molecule has 1 fully saturated rings. The minimum absolute atomic E-state index is 0.355. The number of carbonyl (C=O) groups is 1. The molecule has 1 aliphatic heterocycles. The zero-order valence-electron chi connectivity index (χ0n) is 12.8. The van der Waals surface area contributed by atoms with Gasteiger partial charge in [0.2, 0.25) is 0 Å². The smallest absolute Gasteiger partial charge is 0.164 e. The summed E-state index contributed by atoms with van der Waals surface area (Å²) in [6.07, 6.45) is 5.46. The number of carbonyl (C=O) groups excluding carboxylic acids is 1. The lowest BCUT2D eigenvalue weighted by molar-refractivity contribution is 0.0971. The van der Waals surface area contributed by atoms with E-state index in [2.05, 4.69) is 29.4 Å².